The second-order valence-electron chi connectivity index (χ2n) is 5.60. The lowest BCUT2D eigenvalue weighted by Crippen LogP contribution is -2.42. The van der Waals surface area contributed by atoms with Gasteiger partial charge in [0.2, 0.25) is 0 Å². The minimum Gasteiger partial charge on any atom is -0.351 e. The summed E-state index contributed by atoms with van der Waals surface area (Å²) in [5.74, 6) is -0.462. The van der Waals surface area contributed by atoms with Crippen molar-refractivity contribution in [2.75, 3.05) is 13.1 Å². The van der Waals surface area contributed by atoms with Gasteiger partial charge in [0.1, 0.15) is 5.56 Å². The van der Waals surface area contributed by atoms with Gasteiger partial charge in [-0.05, 0) is 39.8 Å². The fraction of sp³-hybridized carbons (Fsp3) is 0.533. The molecule has 1 aromatic carbocycles. The molecule has 0 saturated carbocycles. The fourth-order valence-electron chi connectivity index (χ4n) is 2.35. The second-order valence-corrected chi connectivity index (χ2v) is 6.04. The highest BCUT2D eigenvalue weighted by atomic mass is 35.5. The van der Waals surface area contributed by atoms with Crippen LogP contribution in [-0.4, -0.2) is 40.9 Å². The molecule has 6 nitrogen and oxygen atoms in total. The van der Waals surface area contributed by atoms with Crippen LogP contribution in [0.25, 0.3) is 0 Å². The molecule has 1 N–H and O–H groups in total. The molecule has 0 atom stereocenters. The normalized spacial score (nSPS) is 11.3. The number of nitro benzene ring substituents is 1. The third kappa shape index (κ3) is 4.96. The topological polar surface area (TPSA) is 75.5 Å². The lowest BCUT2D eigenvalue weighted by molar-refractivity contribution is -0.385. The average Bonchev–Trinajstić information content (AvgIpc) is 2.42. The van der Waals surface area contributed by atoms with E-state index < -0.39 is 10.8 Å². The molecule has 0 aliphatic rings. The maximum absolute atomic E-state index is 12.1. The van der Waals surface area contributed by atoms with Gasteiger partial charge in [-0.1, -0.05) is 11.6 Å². The molecule has 122 valence electrons. The minimum atomic E-state index is -0.602. The monoisotopic (exact) mass is 327 g/mol. The molecule has 0 unspecified atom stereocenters. The molecule has 0 bridgehead atoms. The summed E-state index contributed by atoms with van der Waals surface area (Å²) in [5.41, 5.74) is -0.260. The minimum absolute atomic E-state index is 0.0232. The molecule has 0 saturated heterocycles. The first-order valence-corrected chi connectivity index (χ1v) is 7.59. The summed E-state index contributed by atoms with van der Waals surface area (Å²) in [4.78, 5) is 24.8. The lowest BCUT2D eigenvalue weighted by Gasteiger charge is -2.30. The Morgan fingerprint density at radius 3 is 2.41 bits per heavy atom. The third-order valence-corrected chi connectivity index (χ3v) is 3.62. The van der Waals surface area contributed by atoms with Crippen LogP contribution in [0.4, 0.5) is 5.69 Å². The first-order valence-electron chi connectivity index (χ1n) is 7.22. The van der Waals surface area contributed by atoms with Crippen molar-refractivity contribution in [3.63, 3.8) is 0 Å². The third-order valence-electron chi connectivity index (χ3n) is 3.38. The van der Waals surface area contributed by atoms with Gasteiger partial charge in [-0.25, -0.2) is 0 Å². The molecular weight excluding hydrogens is 306 g/mol. The zero-order valence-electron chi connectivity index (χ0n) is 13.3. The molecule has 0 aromatic heterocycles. The Morgan fingerprint density at radius 2 is 1.91 bits per heavy atom. The van der Waals surface area contributed by atoms with E-state index in [0.717, 1.165) is 0 Å². The van der Waals surface area contributed by atoms with E-state index >= 15 is 0 Å². The number of benzene rings is 1. The fourth-order valence-corrected chi connectivity index (χ4v) is 2.52. The van der Waals surface area contributed by atoms with Crippen molar-refractivity contribution < 1.29 is 9.72 Å². The Labute approximate surface area is 135 Å². The van der Waals surface area contributed by atoms with E-state index in [9.17, 15) is 14.9 Å². The predicted molar refractivity (Wildman–Crippen MR) is 87.4 cm³/mol. The van der Waals surface area contributed by atoms with Gasteiger partial charge in [0.15, 0.2) is 0 Å². The summed E-state index contributed by atoms with van der Waals surface area (Å²) < 4.78 is 0. The lowest BCUT2D eigenvalue weighted by atomic mass is 10.1. The summed E-state index contributed by atoms with van der Waals surface area (Å²) in [6.45, 7) is 9.47. The Balaban J connectivity index is 2.72. The molecule has 0 radical (unpaired) electrons. The Kier molecular flexibility index (Phi) is 6.77. The molecule has 0 aliphatic heterocycles. The van der Waals surface area contributed by atoms with Crippen molar-refractivity contribution in [1.82, 2.24) is 10.2 Å². The molecule has 22 heavy (non-hydrogen) atoms. The van der Waals surface area contributed by atoms with E-state index in [1.54, 1.807) is 0 Å². The number of hydrogen-bond donors (Lipinski definition) is 1. The summed E-state index contributed by atoms with van der Waals surface area (Å²) in [6, 6.07) is 4.75. The highest BCUT2D eigenvalue weighted by molar-refractivity contribution is 6.31. The van der Waals surface area contributed by atoms with Crippen molar-refractivity contribution >= 4 is 23.2 Å². The molecule has 0 aliphatic carbocycles. The van der Waals surface area contributed by atoms with Gasteiger partial charge < -0.3 is 5.32 Å². The smallest absolute Gasteiger partial charge is 0.283 e. The van der Waals surface area contributed by atoms with Gasteiger partial charge in [0, 0.05) is 36.3 Å². The van der Waals surface area contributed by atoms with Gasteiger partial charge in [-0.2, -0.15) is 0 Å². The maximum atomic E-state index is 12.1. The van der Waals surface area contributed by atoms with Crippen LogP contribution in [0.2, 0.25) is 5.02 Å². The number of nitrogens with zero attached hydrogens (tertiary/aromatic N) is 2. The molecule has 1 rings (SSSR count). The Hall–Kier alpha value is -1.66. The average molecular weight is 328 g/mol. The number of carbonyl (C=O) groups excluding carboxylic acids is 1. The first kappa shape index (κ1) is 18.4. The number of nitrogens with one attached hydrogen (secondary N) is 1. The van der Waals surface area contributed by atoms with Crippen molar-refractivity contribution in [1.29, 1.82) is 0 Å². The number of nitro groups is 1. The summed E-state index contributed by atoms with van der Waals surface area (Å²) in [6.07, 6.45) is 0. The molecule has 1 amide bonds. The Morgan fingerprint density at radius 1 is 1.32 bits per heavy atom. The summed E-state index contributed by atoms with van der Waals surface area (Å²) in [5, 5.41) is 14.0. The van der Waals surface area contributed by atoms with E-state index in [4.69, 9.17) is 11.6 Å². The van der Waals surface area contributed by atoms with Crippen molar-refractivity contribution in [2.24, 2.45) is 0 Å². The van der Waals surface area contributed by atoms with E-state index in [2.05, 4.69) is 37.9 Å². The quantitative estimate of drug-likeness (QED) is 0.616. The highest BCUT2D eigenvalue weighted by Gasteiger charge is 2.21. The molecule has 7 heteroatoms. The van der Waals surface area contributed by atoms with E-state index in [1.807, 2.05) is 0 Å². The van der Waals surface area contributed by atoms with Crippen LogP contribution in [0.1, 0.15) is 38.1 Å². The van der Waals surface area contributed by atoms with Crippen molar-refractivity contribution in [3.05, 3.63) is 38.9 Å². The first-order chi connectivity index (χ1) is 10.2. The number of halogens is 1. The van der Waals surface area contributed by atoms with Crippen molar-refractivity contribution in [2.45, 2.75) is 39.8 Å². The molecule has 0 heterocycles. The van der Waals surface area contributed by atoms with Crippen LogP contribution in [0, 0.1) is 10.1 Å². The van der Waals surface area contributed by atoms with Crippen LogP contribution in [-0.2, 0) is 0 Å². The molecular formula is C15H22ClN3O3. The van der Waals surface area contributed by atoms with Crippen LogP contribution in [0.15, 0.2) is 18.2 Å². The Bertz CT molecular complexity index is 539. The van der Waals surface area contributed by atoms with Crippen molar-refractivity contribution in [3.8, 4) is 0 Å². The van der Waals surface area contributed by atoms with E-state index in [-0.39, 0.29) is 16.3 Å². The van der Waals surface area contributed by atoms with Gasteiger partial charge >= 0.3 is 0 Å². The second kappa shape index (κ2) is 8.10. The highest BCUT2D eigenvalue weighted by Crippen LogP contribution is 2.23. The van der Waals surface area contributed by atoms with Crippen LogP contribution in [0.5, 0.6) is 0 Å². The number of hydrogen-bond acceptors (Lipinski definition) is 4. The largest absolute Gasteiger partial charge is 0.351 e. The molecule has 0 fully saturated rings. The van der Waals surface area contributed by atoms with E-state index in [1.165, 1.54) is 18.2 Å². The number of rotatable bonds is 7. The zero-order chi connectivity index (χ0) is 16.9. The van der Waals surface area contributed by atoms with E-state index in [0.29, 0.717) is 25.2 Å². The summed E-state index contributed by atoms with van der Waals surface area (Å²) in [7, 11) is 0. The van der Waals surface area contributed by atoms with Gasteiger partial charge in [0.05, 0.1) is 4.92 Å². The SMILES string of the molecule is CC(C)N(CCNC(=O)c1ccc(Cl)cc1[N+](=O)[O-])C(C)C. The molecule has 0 spiro atoms. The standard InChI is InChI=1S/C15H22ClN3O3/c1-10(2)18(11(3)4)8-7-17-15(20)13-6-5-12(16)9-14(13)19(21)22/h5-6,9-11H,7-8H2,1-4H3,(H,17,20). The summed E-state index contributed by atoms with van der Waals surface area (Å²) >= 11 is 5.74. The predicted octanol–water partition coefficient (Wildman–Crippen LogP) is 3.10. The number of carbonyl (C=O) groups is 1. The molecule has 1 aromatic rings. The maximum Gasteiger partial charge on any atom is 0.283 e. The zero-order valence-corrected chi connectivity index (χ0v) is 14.1. The van der Waals surface area contributed by atoms with Crippen LogP contribution in [0.3, 0.4) is 0 Å². The van der Waals surface area contributed by atoms with Gasteiger partial charge in [-0.15, -0.1) is 0 Å². The number of amides is 1. The van der Waals surface area contributed by atoms with Gasteiger partial charge in [0.25, 0.3) is 11.6 Å². The van der Waals surface area contributed by atoms with Crippen LogP contribution < -0.4 is 5.32 Å². The van der Waals surface area contributed by atoms with Gasteiger partial charge in [-0.3, -0.25) is 19.8 Å². The van der Waals surface area contributed by atoms with Crippen LogP contribution >= 0.6 is 11.6 Å².